The molecule has 0 aromatic carbocycles. The maximum Gasteiger partial charge on any atom is 0.269 e. The Morgan fingerprint density at radius 2 is 2.14 bits per heavy atom. The van der Waals surface area contributed by atoms with E-state index >= 15 is 0 Å². The molecule has 6 heteroatoms. The molecule has 1 aromatic rings. The van der Waals surface area contributed by atoms with E-state index in [1.165, 1.54) is 6.08 Å². The minimum Gasteiger partial charge on any atom is -0.255 e. The predicted molar refractivity (Wildman–Crippen MR) is 52.0 cm³/mol. The Morgan fingerprint density at radius 1 is 1.29 bits per heavy atom. The number of nitrogens with one attached hydrogen (secondary N) is 1. The highest BCUT2D eigenvalue weighted by Crippen LogP contribution is 2.03. The zero-order valence-corrected chi connectivity index (χ0v) is 7.90. The van der Waals surface area contributed by atoms with Crippen molar-refractivity contribution in [1.29, 1.82) is 0 Å². The summed E-state index contributed by atoms with van der Waals surface area (Å²) in [5, 5.41) is 4.74. The van der Waals surface area contributed by atoms with Gasteiger partial charge in [0.2, 0.25) is 0 Å². The van der Waals surface area contributed by atoms with Crippen LogP contribution in [0.4, 0.5) is 0 Å². The summed E-state index contributed by atoms with van der Waals surface area (Å²) < 4.78 is 21.8. The molecule has 0 amide bonds. The summed E-state index contributed by atoms with van der Waals surface area (Å²) in [6.45, 7) is 0. The van der Waals surface area contributed by atoms with Crippen LogP contribution in [0.5, 0.6) is 0 Å². The average molecular weight is 209 g/mol. The van der Waals surface area contributed by atoms with Crippen molar-refractivity contribution in [3.63, 3.8) is 0 Å². The second-order valence-corrected chi connectivity index (χ2v) is 4.20. The van der Waals surface area contributed by atoms with E-state index < -0.39 is 10.0 Å². The fraction of sp³-hybridized carbons (Fsp3) is 0. The number of pyridine rings is 1. The van der Waals surface area contributed by atoms with Gasteiger partial charge in [-0.1, -0.05) is 6.07 Å². The Labute approximate surface area is 81.2 Å². The van der Waals surface area contributed by atoms with Crippen molar-refractivity contribution in [2.24, 2.45) is 5.10 Å². The Kier molecular flexibility index (Phi) is 2.05. The molecule has 0 aliphatic carbocycles. The number of hydrogen-bond acceptors (Lipinski definition) is 4. The normalized spacial score (nSPS) is 18.4. The summed E-state index contributed by atoms with van der Waals surface area (Å²) in [5.74, 6) is 0. The van der Waals surface area contributed by atoms with Crippen LogP contribution in [-0.4, -0.2) is 19.1 Å². The van der Waals surface area contributed by atoms with Crippen molar-refractivity contribution in [1.82, 2.24) is 9.82 Å². The monoisotopic (exact) mass is 209 g/mol. The van der Waals surface area contributed by atoms with Crippen LogP contribution in [0, 0.1) is 0 Å². The van der Waals surface area contributed by atoms with Crippen LogP contribution < -0.4 is 4.83 Å². The smallest absolute Gasteiger partial charge is 0.255 e. The second-order valence-electron chi connectivity index (χ2n) is 2.65. The number of hydrazone groups is 1. The van der Waals surface area contributed by atoms with Gasteiger partial charge in [0.25, 0.3) is 10.0 Å². The van der Waals surface area contributed by atoms with E-state index in [0.717, 1.165) is 5.41 Å². The lowest BCUT2D eigenvalue weighted by Crippen LogP contribution is -2.21. The summed E-state index contributed by atoms with van der Waals surface area (Å²) in [5.41, 5.74) is 1.13. The zero-order valence-electron chi connectivity index (χ0n) is 7.08. The number of sulfonamides is 1. The van der Waals surface area contributed by atoms with Crippen LogP contribution in [0.1, 0.15) is 5.69 Å². The first-order chi connectivity index (χ1) is 6.67. The van der Waals surface area contributed by atoms with E-state index in [1.807, 2.05) is 10.9 Å². The van der Waals surface area contributed by atoms with Gasteiger partial charge in [-0.2, -0.15) is 9.93 Å². The number of allylic oxidation sites excluding steroid dienone is 1. The molecule has 5 nitrogen and oxygen atoms in total. The summed E-state index contributed by atoms with van der Waals surface area (Å²) in [4.78, 5) is 6.07. The van der Waals surface area contributed by atoms with Crippen molar-refractivity contribution < 1.29 is 8.42 Å². The Bertz CT molecular complexity index is 491. The topological polar surface area (TPSA) is 71.4 Å². The molecule has 72 valence electrons. The summed E-state index contributed by atoms with van der Waals surface area (Å²) in [6.07, 6.45) is 3.03. The zero-order chi connectivity index (χ0) is 10.0. The lowest BCUT2D eigenvalue weighted by Gasteiger charge is -2.06. The van der Waals surface area contributed by atoms with E-state index in [4.69, 9.17) is 0 Å². The van der Waals surface area contributed by atoms with Gasteiger partial charge in [0.05, 0.1) is 11.1 Å². The fourth-order valence-electron chi connectivity index (χ4n) is 0.991. The van der Waals surface area contributed by atoms with Crippen molar-refractivity contribution >= 4 is 15.7 Å². The number of aromatic nitrogens is 1. The molecule has 2 heterocycles. The standard InChI is InChI=1S/C8H7N3O2S/c12-14(13)6-4-8(10-11-14)7-3-1-2-5-9-7/h1-6,11H. The van der Waals surface area contributed by atoms with Crippen LogP contribution in [0.15, 0.2) is 41.0 Å². The first kappa shape index (κ1) is 8.89. The number of hydrogen-bond donors (Lipinski definition) is 1. The highest BCUT2D eigenvalue weighted by molar-refractivity contribution is 7.92. The van der Waals surface area contributed by atoms with Crippen LogP contribution in [-0.2, 0) is 10.0 Å². The van der Waals surface area contributed by atoms with Gasteiger partial charge in [-0.3, -0.25) is 4.98 Å². The molecule has 1 aliphatic rings. The number of rotatable bonds is 1. The van der Waals surface area contributed by atoms with Crippen LogP contribution >= 0.6 is 0 Å². The third-order valence-electron chi connectivity index (χ3n) is 1.63. The lowest BCUT2D eigenvalue weighted by atomic mass is 10.2. The summed E-state index contributed by atoms with van der Waals surface area (Å²) >= 11 is 0. The predicted octanol–water partition coefficient (Wildman–Crippen LogP) is 0.232. The van der Waals surface area contributed by atoms with Crippen molar-refractivity contribution in [3.8, 4) is 0 Å². The molecule has 0 saturated heterocycles. The van der Waals surface area contributed by atoms with Gasteiger partial charge in [0.1, 0.15) is 5.71 Å². The number of nitrogens with zero attached hydrogens (tertiary/aromatic N) is 2. The molecule has 0 atom stereocenters. The molecule has 2 rings (SSSR count). The second kappa shape index (κ2) is 3.22. The molecule has 0 bridgehead atoms. The van der Waals surface area contributed by atoms with Crippen molar-refractivity contribution in [3.05, 3.63) is 41.6 Å². The van der Waals surface area contributed by atoms with Gasteiger partial charge in [0.15, 0.2) is 0 Å². The van der Waals surface area contributed by atoms with E-state index in [0.29, 0.717) is 11.4 Å². The summed E-state index contributed by atoms with van der Waals surface area (Å²) in [7, 11) is -3.37. The van der Waals surface area contributed by atoms with Crippen LogP contribution in [0.3, 0.4) is 0 Å². The fourth-order valence-corrected chi connectivity index (χ4v) is 1.59. The molecule has 0 unspecified atom stereocenters. The van der Waals surface area contributed by atoms with Gasteiger partial charge in [0, 0.05) is 6.20 Å². The molecule has 0 saturated carbocycles. The Morgan fingerprint density at radius 3 is 2.71 bits per heavy atom. The maximum absolute atomic E-state index is 10.9. The van der Waals surface area contributed by atoms with Crippen molar-refractivity contribution in [2.75, 3.05) is 0 Å². The van der Waals surface area contributed by atoms with Crippen LogP contribution in [0.25, 0.3) is 0 Å². The molecule has 14 heavy (non-hydrogen) atoms. The highest BCUT2D eigenvalue weighted by atomic mass is 32.2. The quantitative estimate of drug-likeness (QED) is 0.719. The Hall–Kier alpha value is -1.69. The largest absolute Gasteiger partial charge is 0.269 e. The highest BCUT2D eigenvalue weighted by Gasteiger charge is 2.11. The molecule has 1 aromatic heterocycles. The third kappa shape index (κ3) is 1.80. The SMILES string of the molecule is O=S1(=O)C=CC(c2ccccn2)=NN1. The van der Waals surface area contributed by atoms with E-state index in [9.17, 15) is 8.42 Å². The molecule has 0 fully saturated rings. The third-order valence-corrected chi connectivity index (χ3v) is 2.47. The van der Waals surface area contributed by atoms with E-state index in [-0.39, 0.29) is 0 Å². The molecule has 1 aliphatic heterocycles. The van der Waals surface area contributed by atoms with Gasteiger partial charge in [-0.05, 0) is 18.2 Å². The minimum absolute atomic E-state index is 0.500. The van der Waals surface area contributed by atoms with Gasteiger partial charge in [-0.25, -0.2) is 8.42 Å². The molecule has 1 N–H and O–H groups in total. The molecular formula is C8H7N3O2S. The molecular weight excluding hydrogens is 202 g/mol. The maximum atomic E-state index is 10.9. The molecule has 0 radical (unpaired) electrons. The first-order valence-corrected chi connectivity index (χ1v) is 5.41. The van der Waals surface area contributed by atoms with E-state index in [2.05, 4.69) is 10.1 Å². The first-order valence-electron chi connectivity index (χ1n) is 3.86. The van der Waals surface area contributed by atoms with Gasteiger partial charge in [-0.15, -0.1) is 0 Å². The minimum atomic E-state index is -3.37. The lowest BCUT2D eigenvalue weighted by molar-refractivity contribution is 0.593. The van der Waals surface area contributed by atoms with Gasteiger partial charge >= 0.3 is 0 Å². The van der Waals surface area contributed by atoms with Gasteiger partial charge < -0.3 is 0 Å². The van der Waals surface area contributed by atoms with Crippen LogP contribution in [0.2, 0.25) is 0 Å². The molecule has 0 spiro atoms. The van der Waals surface area contributed by atoms with E-state index in [1.54, 1.807) is 18.3 Å². The summed E-state index contributed by atoms with van der Waals surface area (Å²) in [6, 6.07) is 5.34. The Balaban J connectivity index is 2.34. The van der Waals surface area contributed by atoms with Crippen molar-refractivity contribution in [2.45, 2.75) is 0 Å². The average Bonchev–Trinajstić information content (AvgIpc) is 2.19.